The second-order valence-corrected chi connectivity index (χ2v) is 8.07. The number of rotatable bonds is 4. The highest BCUT2D eigenvalue weighted by Gasteiger charge is 2.43. The summed E-state index contributed by atoms with van der Waals surface area (Å²) in [6.45, 7) is 4.85. The van der Waals surface area contributed by atoms with E-state index >= 15 is 0 Å². The van der Waals surface area contributed by atoms with Gasteiger partial charge in [0.15, 0.2) is 0 Å². The lowest BCUT2D eigenvalue weighted by Crippen LogP contribution is -2.39. The minimum atomic E-state index is -0.627. The molecule has 1 atom stereocenters. The molecule has 2 aromatic carbocycles. The van der Waals surface area contributed by atoms with E-state index in [1.54, 1.807) is 30.3 Å². The summed E-state index contributed by atoms with van der Waals surface area (Å²) < 4.78 is 14.5. The molecule has 31 heavy (non-hydrogen) atoms. The molecule has 2 aliphatic rings. The molecule has 3 amide bonds. The van der Waals surface area contributed by atoms with Gasteiger partial charge in [-0.15, -0.1) is 0 Å². The van der Waals surface area contributed by atoms with Crippen LogP contribution in [0.3, 0.4) is 0 Å². The number of amides is 3. The number of carbonyl (C=O) groups excluding carboxylic acids is 3. The molecule has 6 nitrogen and oxygen atoms in total. The molecule has 1 saturated heterocycles. The standard InChI is InChI=1S/C24H24FN3O3/c1-15-6-5-13-27(14-15)22-21(17-9-11-18(12-10-17)26-16(2)29)23(30)28(24(22)31)20-8-4-3-7-19(20)25/h3-4,7-12,15H,5-6,13-14H2,1-2H3,(H,26,29). The highest BCUT2D eigenvalue weighted by molar-refractivity contribution is 6.45. The quantitative estimate of drug-likeness (QED) is 0.763. The molecule has 1 unspecified atom stereocenters. The van der Waals surface area contributed by atoms with Crippen molar-refractivity contribution in [2.24, 2.45) is 5.92 Å². The average Bonchev–Trinajstić information content (AvgIpc) is 2.99. The van der Waals surface area contributed by atoms with Gasteiger partial charge in [-0.25, -0.2) is 9.29 Å². The average molecular weight is 421 g/mol. The molecule has 0 saturated carbocycles. The number of halogens is 1. The lowest BCUT2D eigenvalue weighted by atomic mass is 9.97. The van der Waals surface area contributed by atoms with E-state index in [0.29, 0.717) is 36.0 Å². The lowest BCUT2D eigenvalue weighted by Gasteiger charge is -2.33. The minimum absolute atomic E-state index is 0.0510. The maximum absolute atomic E-state index is 14.5. The Balaban J connectivity index is 1.80. The summed E-state index contributed by atoms with van der Waals surface area (Å²) in [5.41, 5.74) is 1.67. The number of carbonyl (C=O) groups is 3. The van der Waals surface area contributed by atoms with E-state index < -0.39 is 17.6 Å². The molecular formula is C24H24FN3O3. The fourth-order valence-electron chi connectivity index (χ4n) is 4.24. The number of piperidine rings is 1. The number of imide groups is 1. The first-order chi connectivity index (χ1) is 14.9. The molecule has 0 radical (unpaired) electrons. The predicted molar refractivity (Wildman–Crippen MR) is 117 cm³/mol. The zero-order valence-corrected chi connectivity index (χ0v) is 17.5. The first-order valence-corrected chi connectivity index (χ1v) is 10.4. The van der Waals surface area contributed by atoms with Gasteiger partial charge in [0.05, 0.1) is 11.3 Å². The van der Waals surface area contributed by atoms with E-state index in [-0.39, 0.29) is 17.2 Å². The molecule has 0 aliphatic carbocycles. The SMILES string of the molecule is CC(=O)Nc1ccc(C2=C(N3CCCC(C)C3)C(=O)N(c3ccccc3F)C2=O)cc1. The largest absolute Gasteiger partial charge is 0.366 e. The van der Waals surface area contributed by atoms with Crippen LogP contribution < -0.4 is 10.2 Å². The van der Waals surface area contributed by atoms with Gasteiger partial charge in [-0.2, -0.15) is 0 Å². The maximum atomic E-state index is 14.5. The molecular weight excluding hydrogens is 397 g/mol. The number of likely N-dealkylation sites (tertiary alicyclic amines) is 1. The number of benzene rings is 2. The first-order valence-electron chi connectivity index (χ1n) is 10.4. The van der Waals surface area contributed by atoms with Gasteiger partial charge in [0.25, 0.3) is 11.8 Å². The Morgan fingerprint density at radius 2 is 1.77 bits per heavy atom. The topological polar surface area (TPSA) is 69.7 Å². The third-order valence-electron chi connectivity index (χ3n) is 5.62. The summed E-state index contributed by atoms with van der Waals surface area (Å²) in [5, 5.41) is 2.69. The zero-order chi connectivity index (χ0) is 22.1. The van der Waals surface area contributed by atoms with E-state index in [2.05, 4.69) is 12.2 Å². The highest BCUT2D eigenvalue weighted by atomic mass is 19.1. The van der Waals surface area contributed by atoms with Crippen molar-refractivity contribution in [1.29, 1.82) is 0 Å². The van der Waals surface area contributed by atoms with Gasteiger partial charge < -0.3 is 10.2 Å². The Morgan fingerprint density at radius 1 is 1.06 bits per heavy atom. The molecule has 0 spiro atoms. The van der Waals surface area contributed by atoms with Crippen LogP contribution in [0.5, 0.6) is 0 Å². The second kappa shape index (κ2) is 8.34. The third-order valence-corrected chi connectivity index (χ3v) is 5.62. The molecule has 7 heteroatoms. The van der Waals surface area contributed by atoms with Crippen LogP contribution in [0.25, 0.3) is 5.57 Å². The van der Waals surface area contributed by atoms with Gasteiger partial charge >= 0.3 is 0 Å². The number of nitrogens with one attached hydrogen (secondary N) is 1. The van der Waals surface area contributed by atoms with E-state index in [4.69, 9.17) is 0 Å². The van der Waals surface area contributed by atoms with Crippen molar-refractivity contribution in [2.45, 2.75) is 26.7 Å². The molecule has 160 valence electrons. The Bertz CT molecular complexity index is 1080. The number of nitrogens with zero attached hydrogens (tertiary/aromatic N) is 2. The molecule has 2 aromatic rings. The van der Waals surface area contributed by atoms with Crippen molar-refractivity contribution in [1.82, 2.24) is 4.90 Å². The van der Waals surface area contributed by atoms with Crippen molar-refractivity contribution in [3.8, 4) is 0 Å². The van der Waals surface area contributed by atoms with Crippen LogP contribution in [0.2, 0.25) is 0 Å². The molecule has 4 rings (SSSR count). The molecule has 2 heterocycles. The smallest absolute Gasteiger partial charge is 0.282 e. The molecule has 0 aromatic heterocycles. The van der Waals surface area contributed by atoms with Crippen LogP contribution in [-0.4, -0.2) is 35.7 Å². The first kappa shape index (κ1) is 20.8. The zero-order valence-electron chi connectivity index (χ0n) is 17.5. The van der Waals surface area contributed by atoms with Crippen molar-refractivity contribution in [2.75, 3.05) is 23.3 Å². The fraction of sp³-hybridized carbons (Fsp3) is 0.292. The van der Waals surface area contributed by atoms with Crippen molar-refractivity contribution < 1.29 is 18.8 Å². The molecule has 2 aliphatic heterocycles. The van der Waals surface area contributed by atoms with Crippen LogP contribution in [0.15, 0.2) is 54.2 Å². The van der Waals surface area contributed by atoms with E-state index in [1.807, 2.05) is 4.90 Å². The van der Waals surface area contributed by atoms with E-state index in [0.717, 1.165) is 17.7 Å². The van der Waals surface area contributed by atoms with Gasteiger partial charge in [0, 0.05) is 25.7 Å². The summed E-state index contributed by atoms with van der Waals surface area (Å²) in [6.07, 6.45) is 1.98. The highest BCUT2D eigenvalue weighted by Crippen LogP contribution is 2.37. The fourth-order valence-corrected chi connectivity index (χ4v) is 4.24. The van der Waals surface area contributed by atoms with E-state index in [9.17, 15) is 18.8 Å². The second-order valence-electron chi connectivity index (χ2n) is 8.07. The molecule has 1 fully saturated rings. The Morgan fingerprint density at radius 3 is 2.42 bits per heavy atom. The Hall–Kier alpha value is -3.48. The number of hydrogen-bond acceptors (Lipinski definition) is 4. The number of hydrogen-bond donors (Lipinski definition) is 1. The van der Waals surface area contributed by atoms with Gasteiger partial charge in [0.2, 0.25) is 5.91 Å². The predicted octanol–water partition coefficient (Wildman–Crippen LogP) is 3.80. The minimum Gasteiger partial charge on any atom is -0.366 e. The van der Waals surface area contributed by atoms with Crippen molar-refractivity contribution in [3.63, 3.8) is 0 Å². The van der Waals surface area contributed by atoms with Crippen molar-refractivity contribution >= 4 is 34.7 Å². The van der Waals surface area contributed by atoms with E-state index in [1.165, 1.54) is 25.1 Å². The van der Waals surface area contributed by atoms with Gasteiger partial charge in [-0.05, 0) is 48.6 Å². The summed E-state index contributed by atoms with van der Waals surface area (Å²) in [6, 6.07) is 12.6. The number of anilines is 2. The summed E-state index contributed by atoms with van der Waals surface area (Å²) in [7, 11) is 0. The normalized spacial score (nSPS) is 19.3. The molecule has 1 N–H and O–H groups in total. The van der Waals surface area contributed by atoms with Crippen LogP contribution in [0.4, 0.5) is 15.8 Å². The third kappa shape index (κ3) is 3.95. The van der Waals surface area contributed by atoms with Crippen LogP contribution in [-0.2, 0) is 14.4 Å². The van der Waals surface area contributed by atoms with Crippen molar-refractivity contribution in [3.05, 3.63) is 65.6 Å². The van der Waals surface area contributed by atoms with Gasteiger partial charge in [-0.3, -0.25) is 14.4 Å². The Kier molecular flexibility index (Phi) is 5.59. The Labute approximate surface area is 180 Å². The summed E-state index contributed by atoms with van der Waals surface area (Å²) in [5.74, 6) is -1.50. The maximum Gasteiger partial charge on any atom is 0.282 e. The molecule has 0 bridgehead atoms. The monoisotopic (exact) mass is 421 g/mol. The summed E-state index contributed by atoms with van der Waals surface area (Å²) >= 11 is 0. The lowest BCUT2D eigenvalue weighted by molar-refractivity contribution is -0.121. The van der Waals surface area contributed by atoms with Crippen LogP contribution in [0, 0.1) is 11.7 Å². The van der Waals surface area contributed by atoms with Gasteiger partial charge in [0.1, 0.15) is 11.5 Å². The summed E-state index contributed by atoms with van der Waals surface area (Å²) in [4.78, 5) is 41.1. The van der Waals surface area contributed by atoms with Gasteiger partial charge in [-0.1, -0.05) is 31.2 Å². The number of para-hydroxylation sites is 1. The van der Waals surface area contributed by atoms with Crippen LogP contribution >= 0.6 is 0 Å². The van der Waals surface area contributed by atoms with Crippen LogP contribution in [0.1, 0.15) is 32.3 Å².